The summed E-state index contributed by atoms with van der Waals surface area (Å²) < 4.78 is 0.890. The minimum absolute atomic E-state index is 0.141. The van der Waals surface area contributed by atoms with Gasteiger partial charge >= 0.3 is 0 Å². The van der Waals surface area contributed by atoms with Crippen LogP contribution in [0.4, 0.5) is 5.69 Å². The van der Waals surface area contributed by atoms with Crippen molar-refractivity contribution in [3.8, 4) is 0 Å². The van der Waals surface area contributed by atoms with Gasteiger partial charge in [-0.3, -0.25) is 4.79 Å². The van der Waals surface area contributed by atoms with Gasteiger partial charge in [0.1, 0.15) is 0 Å². The first-order chi connectivity index (χ1) is 8.54. The van der Waals surface area contributed by atoms with Gasteiger partial charge in [0, 0.05) is 15.4 Å². The van der Waals surface area contributed by atoms with Crippen molar-refractivity contribution >= 4 is 39.1 Å². The van der Waals surface area contributed by atoms with E-state index in [9.17, 15) is 4.79 Å². The van der Waals surface area contributed by atoms with Crippen LogP contribution in [0, 0.1) is 24.7 Å². The first kappa shape index (κ1) is 12.5. The predicted octanol–water partition coefficient (Wildman–Crippen LogP) is 4.40. The van der Waals surface area contributed by atoms with Crippen LogP contribution in [-0.4, -0.2) is 5.91 Å². The largest absolute Gasteiger partial charge is 0.325 e. The molecule has 1 amide bonds. The lowest BCUT2D eigenvalue weighted by Crippen LogP contribution is -2.21. The van der Waals surface area contributed by atoms with Crippen molar-refractivity contribution in [1.82, 2.24) is 0 Å². The number of aryl methyl sites for hydroxylation is 1. The van der Waals surface area contributed by atoms with Crippen molar-refractivity contribution < 1.29 is 4.79 Å². The summed E-state index contributed by atoms with van der Waals surface area (Å²) in [4.78, 5) is 12.2. The van der Waals surface area contributed by atoms with Crippen molar-refractivity contribution in [2.24, 2.45) is 17.8 Å². The monoisotopic (exact) mass is 327 g/mol. The number of benzene rings is 1. The smallest absolute Gasteiger partial charge is 0.227 e. The van der Waals surface area contributed by atoms with E-state index in [1.807, 2.05) is 19.1 Å². The molecule has 0 aliphatic heterocycles. The Morgan fingerprint density at radius 3 is 2.67 bits per heavy atom. The topological polar surface area (TPSA) is 29.1 Å². The van der Waals surface area contributed by atoms with Crippen molar-refractivity contribution in [3.63, 3.8) is 0 Å². The quantitative estimate of drug-likeness (QED) is 0.857. The minimum Gasteiger partial charge on any atom is -0.325 e. The molecule has 3 rings (SSSR count). The van der Waals surface area contributed by atoms with Crippen LogP contribution in [-0.2, 0) is 4.79 Å². The van der Waals surface area contributed by atoms with E-state index in [2.05, 4.69) is 21.2 Å². The molecule has 2 saturated carbocycles. The van der Waals surface area contributed by atoms with Crippen molar-refractivity contribution in [1.29, 1.82) is 0 Å². The average molecular weight is 329 g/mol. The van der Waals surface area contributed by atoms with E-state index in [-0.39, 0.29) is 11.8 Å². The number of hydrogen-bond acceptors (Lipinski definition) is 1. The number of nitrogens with one attached hydrogen (secondary N) is 1. The Morgan fingerprint density at radius 2 is 2.00 bits per heavy atom. The third-order valence-corrected chi connectivity index (χ3v) is 5.18. The fourth-order valence-corrected chi connectivity index (χ4v) is 3.63. The van der Waals surface area contributed by atoms with E-state index in [0.29, 0.717) is 5.02 Å². The van der Waals surface area contributed by atoms with E-state index >= 15 is 0 Å². The van der Waals surface area contributed by atoms with Crippen molar-refractivity contribution in [2.75, 3.05) is 5.32 Å². The third-order valence-electron chi connectivity index (χ3n) is 4.12. The minimum atomic E-state index is 0.141. The van der Waals surface area contributed by atoms with Crippen molar-refractivity contribution in [3.05, 3.63) is 27.2 Å². The molecule has 1 aromatic carbocycles. The van der Waals surface area contributed by atoms with Crippen LogP contribution in [0.15, 0.2) is 16.6 Å². The van der Waals surface area contributed by atoms with E-state index in [1.54, 1.807) is 0 Å². The first-order valence-electron chi connectivity index (χ1n) is 6.31. The van der Waals surface area contributed by atoms with Gasteiger partial charge in [-0.15, -0.1) is 0 Å². The van der Waals surface area contributed by atoms with Gasteiger partial charge in [0.15, 0.2) is 0 Å². The molecular weight excluding hydrogens is 314 g/mol. The summed E-state index contributed by atoms with van der Waals surface area (Å²) in [6, 6.07) is 3.75. The predicted molar refractivity (Wildman–Crippen MR) is 76.8 cm³/mol. The van der Waals surface area contributed by atoms with Gasteiger partial charge < -0.3 is 5.32 Å². The van der Waals surface area contributed by atoms with E-state index in [0.717, 1.165) is 40.4 Å². The molecule has 2 fully saturated rings. The Hall–Kier alpha value is -0.540. The van der Waals surface area contributed by atoms with E-state index < -0.39 is 0 Å². The number of fused-ring (bicyclic) bond motifs is 1. The zero-order valence-corrected chi connectivity index (χ0v) is 12.5. The molecule has 1 aromatic rings. The van der Waals surface area contributed by atoms with Gasteiger partial charge in [0.05, 0.1) is 5.69 Å². The second-order valence-corrected chi connectivity index (χ2v) is 6.76. The maximum Gasteiger partial charge on any atom is 0.227 e. The van der Waals surface area contributed by atoms with E-state index in [1.165, 1.54) is 6.42 Å². The van der Waals surface area contributed by atoms with Gasteiger partial charge in [-0.2, -0.15) is 0 Å². The lowest BCUT2D eigenvalue weighted by molar-refractivity contribution is -0.120. The number of hydrogen-bond donors (Lipinski definition) is 1. The number of halogens is 2. The maximum absolute atomic E-state index is 12.2. The molecule has 0 heterocycles. The zero-order valence-electron chi connectivity index (χ0n) is 10.2. The Labute approximate surface area is 120 Å². The van der Waals surface area contributed by atoms with Crippen LogP contribution in [0.1, 0.15) is 24.8 Å². The van der Waals surface area contributed by atoms with Crippen LogP contribution in [0.2, 0.25) is 5.02 Å². The summed E-state index contributed by atoms with van der Waals surface area (Å²) >= 11 is 9.55. The lowest BCUT2D eigenvalue weighted by Gasteiger charge is -2.14. The molecule has 0 saturated heterocycles. The molecule has 2 aliphatic carbocycles. The zero-order chi connectivity index (χ0) is 12.9. The Bertz CT molecular complexity index is 507. The molecule has 96 valence electrons. The summed E-state index contributed by atoms with van der Waals surface area (Å²) in [5.41, 5.74) is 1.78. The molecule has 18 heavy (non-hydrogen) atoms. The summed E-state index contributed by atoms with van der Waals surface area (Å²) in [5.74, 6) is 1.99. The highest BCUT2D eigenvalue weighted by Crippen LogP contribution is 2.54. The molecule has 2 unspecified atom stereocenters. The molecule has 2 nitrogen and oxygen atoms in total. The molecule has 2 atom stereocenters. The number of amides is 1. The summed E-state index contributed by atoms with van der Waals surface area (Å²) in [6.07, 6.45) is 3.46. The molecule has 0 bridgehead atoms. The summed E-state index contributed by atoms with van der Waals surface area (Å²) in [6.45, 7) is 1.95. The number of carbonyl (C=O) groups excluding carboxylic acids is 1. The second-order valence-electron chi connectivity index (χ2n) is 5.49. The van der Waals surface area contributed by atoms with Crippen LogP contribution in [0.3, 0.4) is 0 Å². The number of carbonyl (C=O) groups is 1. The molecule has 1 N–H and O–H groups in total. The Morgan fingerprint density at radius 1 is 1.33 bits per heavy atom. The summed E-state index contributed by atoms with van der Waals surface area (Å²) in [7, 11) is 0. The number of rotatable bonds is 2. The molecule has 2 aliphatic rings. The van der Waals surface area contributed by atoms with Crippen LogP contribution in [0.25, 0.3) is 0 Å². The number of anilines is 1. The average Bonchev–Trinajstić information content (AvgIpc) is 2.93. The first-order valence-corrected chi connectivity index (χ1v) is 7.48. The van der Waals surface area contributed by atoms with Crippen molar-refractivity contribution in [2.45, 2.75) is 26.2 Å². The molecular formula is C14H15BrClNO. The van der Waals surface area contributed by atoms with Gasteiger partial charge in [-0.1, -0.05) is 11.6 Å². The second kappa shape index (κ2) is 4.53. The third kappa shape index (κ3) is 2.30. The van der Waals surface area contributed by atoms with Gasteiger partial charge in [0.2, 0.25) is 5.91 Å². The van der Waals surface area contributed by atoms with Crippen LogP contribution in [0.5, 0.6) is 0 Å². The highest BCUT2D eigenvalue weighted by Gasteiger charge is 2.48. The van der Waals surface area contributed by atoms with E-state index in [4.69, 9.17) is 11.6 Å². The normalized spacial score (nSPS) is 28.9. The van der Waals surface area contributed by atoms with Crippen LogP contribution >= 0.6 is 27.5 Å². The highest BCUT2D eigenvalue weighted by atomic mass is 79.9. The van der Waals surface area contributed by atoms with Gasteiger partial charge in [-0.05, 0) is 71.6 Å². The summed E-state index contributed by atoms with van der Waals surface area (Å²) in [5, 5.41) is 3.67. The van der Waals surface area contributed by atoms with Gasteiger partial charge in [0.25, 0.3) is 0 Å². The standard InChI is InChI=1S/C14H15BrClNO/c1-7-2-11(15)13(6-12(7)16)17-14(18)10-4-8-3-9(8)5-10/h2,6,8-10H,3-5H2,1H3,(H,17,18). The lowest BCUT2D eigenvalue weighted by atomic mass is 10.0. The highest BCUT2D eigenvalue weighted by molar-refractivity contribution is 9.10. The van der Waals surface area contributed by atoms with Gasteiger partial charge in [-0.25, -0.2) is 0 Å². The molecule has 0 radical (unpaired) electrons. The maximum atomic E-state index is 12.2. The Balaban J connectivity index is 1.72. The molecule has 0 aromatic heterocycles. The SMILES string of the molecule is Cc1cc(Br)c(NC(=O)C2CC3CC3C2)cc1Cl. The Kier molecular flexibility index (Phi) is 3.15. The molecule has 0 spiro atoms. The fraction of sp³-hybridized carbons (Fsp3) is 0.500. The van der Waals surface area contributed by atoms with Crippen LogP contribution < -0.4 is 5.32 Å². The molecule has 4 heteroatoms. The fourth-order valence-electron chi connectivity index (χ4n) is 2.91.